The van der Waals surface area contributed by atoms with Gasteiger partial charge in [-0.2, -0.15) is 0 Å². The number of rotatable bonds is 7. The molecule has 1 aromatic heterocycles. The van der Waals surface area contributed by atoms with Gasteiger partial charge in [0.1, 0.15) is 0 Å². The Morgan fingerprint density at radius 1 is 1.00 bits per heavy atom. The van der Waals surface area contributed by atoms with E-state index in [0.717, 1.165) is 17.5 Å². The summed E-state index contributed by atoms with van der Waals surface area (Å²) >= 11 is 0. The van der Waals surface area contributed by atoms with Crippen LogP contribution in [0.3, 0.4) is 0 Å². The van der Waals surface area contributed by atoms with Crippen molar-refractivity contribution >= 4 is 28.3 Å². The van der Waals surface area contributed by atoms with Crippen LogP contribution in [0.4, 0.5) is 5.69 Å². The fraction of sp³-hybridized carbons (Fsp3) is 0.148. The number of ether oxygens (including phenoxy) is 1. The average Bonchev–Trinajstić information content (AvgIpc) is 2.86. The van der Waals surface area contributed by atoms with Gasteiger partial charge in [-0.05, 0) is 37.1 Å². The van der Waals surface area contributed by atoms with E-state index in [0.29, 0.717) is 22.2 Å². The molecule has 0 saturated carbocycles. The molecule has 0 N–H and O–H groups in total. The largest absolute Gasteiger partial charge is 0.454 e. The van der Waals surface area contributed by atoms with Gasteiger partial charge >= 0.3 is 5.97 Å². The molecule has 3 aromatic carbocycles. The molecule has 0 radical (unpaired) electrons. The van der Waals surface area contributed by atoms with E-state index in [1.54, 1.807) is 6.07 Å². The summed E-state index contributed by atoms with van der Waals surface area (Å²) < 4.78 is 5.33. The Hall–Kier alpha value is -4.39. The number of nitro benzene ring substituents is 1. The van der Waals surface area contributed by atoms with Crippen LogP contribution in [0.2, 0.25) is 0 Å². The normalized spacial score (nSPS) is 10.8. The third kappa shape index (κ3) is 4.83. The van der Waals surface area contributed by atoms with Gasteiger partial charge in [0.15, 0.2) is 6.61 Å². The van der Waals surface area contributed by atoms with E-state index in [4.69, 9.17) is 9.72 Å². The Balaban J connectivity index is 1.64. The molecule has 0 fully saturated rings. The lowest BCUT2D eigenvalue weighted by molar-refractivity contribution is -0.384. The van der Waals surface area contributed by atoms with Crippen molar-refractivity contribution in [1.82, 2.24) is 4.98 Å². The Morgan fingerprint density at radius 2 is 1.76 bits per heavy atom. The number of esters is 1. The highest BCUT2D eigenvalue weighted by Gasteiger charge is 2.18. The SMILES string of the molecule is CCc1ccc(-c2cc(C(=O)OCC(=O)c3cccc([N+](=O)[O-])c3)c3cc(C)ccc3n2)cc1. The van der Waals surface area contributed by atoms with Crippen molar-refractivity contribution in [2.45, 2.75) is 20.3 Å². The molecule has 170 valence electrons. The standard InChI is InChI=1S/C27H22N2O5/c1-3-18-8-10-19(11-9-18)25-15-23(22-13-17(2)7-12-24(22)28-25)27(31)34-16-26(30)20-5-4-6-21(14-20)29(32)33/h4-15H,3,16H2,1-2H3. The summed E-state index contributed by atoms with van der Waals surface area (Å²) in [6, 6.07) is 20.6. The highest BCUT2D eigenvalue weighted by molar-refractivity contribution is 6.06. The third-order valence-electron chi connectivity index (χ3n) is 5.56. The summed E-state index contributed by atoms with van der Waals surface area (Å²) in [6.07, 6.45) is 0.918. The first-order chi connectivity index (χ1) is 16.4. The topological polar surface area (TPSA) is 99.4 Å². The number of carbonyl (C=O) groups excluding carboxylic acids is 2. The molecular formula is C27H22N2O5. The van der Waals surface area contributed by atoms with E-state index < -0.39 is 23.3 Å². The quantitative estimate of drug-likeness (QED) is 0.153. The first-order valence-electron chi connectivity index (χ1n) is 10.8. The molecule has 0 bridgehead atoms. The molecule has 1 heterocycles. The zero-order valence-corrected chi connectivity index (χ0v) is 18.8. The second kappa shape index (κ2) is 9.62. The molecule has 7 heteroatoms. The minimum atomic E-state index is -0.664. The molecule has 34 heavy (non-hydrogen) atoms. The number of Topliss-reactive ketones (excluding diaryl/α,β-unsaturated/α-hetero) is 1. The molecule has 0 spiro atoms. The van der Waals surface area contributed by atoms with Crippen LogP contribution in [-0.2, 0) is 11.2 Å². The van der Waals surface area contributed by atoms with Crippen LogP contribution in [-0.4, -0.2) is 28.3 Å². The number of pyridine rings is 1. The fourth-order valence-electron chi connectivity index (χ4n) is 3.65. The van der Waals surface area contributed by atoms with Crippen molar-refractivity contribution in [3.8, 4) is 11.3 Å². The van der Waals surface area contributed by atoms with Gasteiger partial charge < -0.3 is 4.74 Å². The van der Waals surface area contributed by atoms with Crippen LogP contribution in [0, 0.1) is 17.0 Å². The average molecular weight is 454 g/mol. The highest BCUT2D eigenvalue weighted by Crippen LogP contribution is 2.27. The van der Waals surface area contributed by atoms with Crippen molar-refractivity contribution < 1.29 is 19.2 Å². The first kappa shape index (κ1) is 22.8. The maximum absolute atomic E-state index is 13.1. The Kier molecular flexibility index (Phi) is 6.45. The lowest BCUT2D eigenvalue weighted by atomic mass is 10.0. The predicted octanol–water partition coefficient (Wildman–Crippen LogP) is 5.72. The number of aryl methyl sites for hydroxylation is 2. The van der Waals surface area contributed by atoms with Gasteiger partial charge in [-0.3, -0.25) is 14.9 Å². The molecular weight excluding hydrogens is 432 g/mol. The minimum absolute atomic E-state index is 0.106. The number of fused-ring (bicyclic) bond motifs is 1. The van der Waals surface area contributed by atoms with Crippen LogP contribution < -0.4 is 0 Å². The Labute approximate surface area is 196 Å². The Morgan fingerprint density at radius 3 is 2.47 bits per heavy atom. The summed E-state index contributed by atoms with van der Waals surface area (Å²) in [4.78, 5) is 40.7. The lowest BCUT2D eigenvalue weighted by Crippen LogP contribution is -2.15. The molecule has 0 aliphatic carbocycles. The number of carbonyl (C=O) groups is 2. The van der Waals surface area contributed by atoms with Gasteiger partial charge in [0.25, 0.3) is 5.69 Å². The molecule has 0 atom stereocenters. The molecule has 4 aromatic rings. The number of nitrogens with zero attached hydrogens (tertiary/aromatic N) is 2. The van der Waals surface area contributed by atoms with Gasteiger partial charge in [-0.15, -0.1) is 0 Å². The van der Waals surface area contributed by atoms with Crippen LogP contribution in [0.5, 0.6) is 0 Å². The molecule has 0 amide bonds. The number of hydrogen-bond acceptors (Lipinski definition) is 6. The van der Waals surface area contributed by atoms with E-state index in [-0.39, 0.29) is 11.3 Å². The van der Waals surface area contributed by atoms with E-state index in [9.17, 15) is 19.7 Å². The number of nitro groups is 1. The molecule has 4 rings (SSSR count). The third-order valence-corrected chi connectivity index (χ3v) is 5.56. The van der Waals surface area contributed by atoms with Crippen molar-refractivity contribution in [1.29, 1.82) is 0 Å². The summed E-state index contributed by atoms with van der Waals surface area (Å²) in [5.41, 5.74) is 4.48. The van der Waals surface area contributed by atoms with E-state index in [2.05, 4.69) is 6.92 Å². The smallest absolute Gasteiger partial charge is 0.339 e. The maximum atomic E-state index is 13.1. The van der Waals surface area contributed by atoms with E-state index >= 15 is 0 Å². The summed E-state index contributed by atoms with van der Waals surface area (Å²) in [5.74, 6) is -1.19. The molecule has 0 unspecified atom stereocenters. The number of non-ortho nitro benzene ring substituents is 1. The van der Waals surface area contributed by atoms with E-state index in [1.165, 1.54) is 29.8 Å². The second-order valence-corrected chi connectivity index (χ2v) is 7.93. The van der Waals surface area contributed by atoms with Crippen molar-refractivity contribution in [3.05, 3.63) is 105 Å². The van der Waals surface area contributed by atoms with Crippen molar-refractivity contribution in [2.75, 3.05) is 6.61 Å². The molecule has 7 nitrogen and oxygen atoms in total. The van der Waals surface area contributed by atoms with Gasteiger partial charge in [0.2, 0.25) is 5.78 Å². The van der Waals surface area contributed by atoms with Crippen molar-refractivity contribution in [2.24, 2.45) is 0 Å². The number of hydrogen-bond donors (Lipinski definition) is 0. The zero-order chi connectivity index (χ0) is 24.2. The minimum Gasteiger partial charge on any atom is -0.454 e. The summed E-state index contributed by atoms with van der Waals surface area (Å²) in [6.45, 7) is 3.46. The Bertz CT molecular complexity index is 1410. The molecule has 0 aliphatic heterocycles. The predicted molar refractivity (Wildman–Crippen MR) is 129 cm³/mol. The molecule has 0 saturated heterocycles. The van der Waals surface area contributed by atoms with Gasteiger partial charge in [0, 0.05) is 28.6 Å². The van der Waals surface area contributed by atoms with Crippen LogP contribution in [0.25, 0.3) is 22.2 Å². The fourth-order valence-corrected chi connectivity index (χ4v) is 3.65. The van der Waals surface area contributed by atoms with Crippen LogP contribution >= 0.6 is 0 Å². The number of aromatic nitrogens is 1. The number of ketones is 1. The summed E-state index contributed by atoms with van der Waals surface area (Å²) in [5, 5.41) is 11.6. The lowest BCUT2D eigenvalue weighted by Gasteiger charge is -2.11. The molecule has 0 aliphatic rings. The number of benzene rings is 3. The van der Waals surface area contributed by atoms with Gasteiger partial charge in [-0.1, -0.05) is 55.0 Å². The van der Waals surface area contributed by atoms with Gasteiger partial charge in [0.05, 0.1) is 21.7 Å². The highest BCUT2D eigenvalue weighted by atomic mass is 16.6. The monoisotopic (exact) mass is 454 g/mol. The second-order valence-electron chi connectivity index (χ2n) is 7.93. The van der Waals surface area contributed by atoms with Gasteiger partial charge in [-0.25, -0.2) is 9.78 Å². The summed E-state index contributed by atoms with van der Waals surface area (Å²) in [7, 11) is 0. The van der Waals surface area contributed by atoms with E-state index in [1.807, 2.05) is 49.4 Å². The zero-order valence-electron chi connectivity index (χ0n) is 18.8. The van der Waals surface area contributed by atoms with Crippen LogP contribution in [0.1, 0.15) is 38.8 Å². The first-order valence-corrected chi connectivity index (χ1v) is 10.8. The maximum Gasteiger partial charge on any atom is 0.339 e. The van der Waals surface area contributed by atoms with Crippen LogP contribution in [0.15, 0.2) is 72.8 Å². The van der Waals surface area contributed by atoms with Crippen molar-refractivity contribution in [3.63, 3.8) is 0 Å².